The van der Waals surface area contributed by atoms with Crippen LogP contribution in [0.5, 0.6) is 0 Å². The van der Waals surface area contributed by atoms with Crippen molar-refractivity contribution >= 4 is 55.7 Å². The van der Waals surface area contributed by atoms with Gasteiger partial charge in [0.05, 0.1) is 32.9 Å². The Hall–Kier alpha value is -2.53. The maximum Gasteiger partial charge on any atom is 0.266 e. The van der Waals surface area contributed by atoms with E-state index in [9.17, 15) is 17.6 Å². The highest BCUT2D eigenvalue weighted by Crippen LogP contribution is 2.33. The summed E-state index contributed by atoms with van der Waals surface area (Å²) in [5, 5.41) is 1.04. The van der Waals surface area contributed by atoms with Crippen molar-refractivity contribution < 1.29 is 12.8 Å². The standard InChI is InChI=1S/C26H22Cl3FN4O3S/c1-38(36,37)33-11-9-32(10-12-33)15-16-3-2-4-20(24(16)29)25-31-23-13-17(27)5-7-19(23)26(35)34(25)18-6-8-21(28)22(30)14-18/h2-8,13-14H,9-12,15H2,1H3. The van der Waals surface area contributed by atoms with Gasteiger partial charge in [0, 0.05) is 43.3 Å². The van der Waals surface area contributed by atoms with Gasteiger partial charge in [-0.25, -0.2) is 17.8 Å². The van der Waals surface area contributed by atoms with Gasteiger partial charge in [-0.1, -0.05) is 46.9 Å². The third kappa shape index (κ3) is 5.32. The molecule has 4 aromatic rings. The summed E-state index contributed by atoms with van der Waals surface area (Å²) in [6, 6.07) is 14.3. The summed E-state index contributed by atoms with van der Waals surface area (Å²) < 4.78 is 40.9. The van der Waals surface area contributed by atoms with Crippen LogP contribution < -0.4 is 5.56 Å². The molecule has 1 fully saturated rings. The van der Waals surface area contributed by atoms with E-state index in [-0.39, 0.29) is 16.5 Å². The number of sulfonamides is 1. The second-order valence-corrected chi connectivity index (χ2v) is 12.3. The van der Waals surface area contributed by atoms with Gasteiger partial charge in [0.15, 0.2) is 0 Å². The molecule has 0 spiro atoms. The van der Waals surface area contributed by atoms with E-state index in [4.69, 9.17) is 39.8 Å². The van der Waals surface area contributed by atoms with Gasteiger partial charge in [0.25, 0.3) is 5.56 Å². The highest BCUT2D eigenvalue weighted by Gasteiger charge is 2.25. The first-order valence-corrected chi connectivity index (χ1v) is 14.6. The number of hydrogen-bond acceptors (Lipinski definition) is 5. The lowest BCUT2D eigenvalue weighted by molar-refractivity contribution is 0.182. The molecule has 0 unspecified atom stereocenters. The number of benzene rings is 3. The van der Waals surface area contributed by atoms with Gasteiger partial charge < -0.3 is 0 Å². The van der Waals surface area contributed by atoms with Crippen LogP contribution in [-0.2, 0) is 16.6 Å². The summed E-state index contributed by atoms with van der Waals surface area (Å²) >= 11 is 19.0. The Labute approximate surface area is 234 Å². The number of halogens is 4. The molecule has 0 atom stereocenters. The highest BCUT2D eigenvalue weighted by atomic mass is 35.5. The van der Waals surface area contributed by atoms with E-state index in [0.717, 1.165) is 5.56 Å². The van der Waals surface area contributed by atoms with Crippen LogP contribution in [0.2, 0.25) is 15.1 Å². The second kappa shape index (κ2) is 10.6. The minimum atomic E-state index is -3.24. The minimum Gasteiger partial charge on any atom is -0.296 e. The van der Waals surface area contributed by atoms with E-state index in [1.807, 2.05) is 12.1 Å². The maximum atomic E-state index is 14.4. The van der Waals surface area contributed by atoms with Crippen molar-refractivity contribution in [2.45, 2.75) is 6.54 Å². The lowest BCUT2D eigenvalue weighted by atomic mass is 10.1. The van der Waals surface area contributed by atoms with E-state index in [2.05, 4.69) is 4.90 Å². The first kappa shape index (κ1) is 27.1. The van der Waals surface area contributed by atoms with Crippen molar-refractivity contribution in [2.75, 3.05) is 32.4 Å². The van der Waals surface area contributed by atoms with Crippen LogP contribution in [0, 0.1) is 5.82 Å². The van der Waals surface area contributed by atoms with Crippen LogP contribution in [-0.4, -0.2) is 59.6 Å². The molecule has 0 bridgehead atoms. The summed E-state index contributed by atoms with van der Waals surface area (Å²) in [7, 11) is -3.24. The first-order chi connectivity index (χ1) is 18.0. The summed E-state index contributed by atoms with van der Waals surface area (Å²) in [6.45, 7) is 2.36. The topological polar surface area (TPSA) is 75.5 Å². The number of aromatic nitrogens is 2. The molecule has 7 nitrogen and oxygen atoms in total. The van der Waals surface area contributed by atoms with Gasteiger partial charge in [-0.3, -0.25) is 14.3 Å². The third-order valence-corrected chi connectivity index (χ3v) is 8.80. The first-order valence-electron chi connectivity index (χ1n) is 11.7. The van der Waals surface area contributed by atoms with E-state index < -0.39 is 21.4 Å². The Kier molecular flexibility index (Phi) is 7.52. The van der Waals surface area contributed by atoms with Crippen LogP contribution in [0.4, 0.5) is 4.39 Å². The van der Waals surface area contributed by atoms with Crippen molar-refractivity contribution in [3.8, 4) is 17.1 Å². The lowest BCUT2D eigenvalue weighted by Gasteiger charge is -2.33. The summed E-state index contributed by atoms with van der Waals surface area (Å²) in [5.74, 6) is -0.452. The van der Waals surface area contributed by atoms with E-state index in [0.29, 0.717) is 59.2 Å². The van der Waals surface area contributed by atoms with Gasteiger partial charge >= 0.3 is 0 Å². The fourth-order valence-corrected chi connectivity index (χ4v) is 5.92. The molecule has 1 aliphatic rings. The molecule has 1 saturated heterocycles. The number of nitrogens with zero attached hydrogens (tertiary/aromatic N) is 4. The zero-order valence-electron chi connectivity index (χ0n) is 20.2. The monoisotopic (exact) mass is 594 g/mol. The molecule has 0 N–H and O–H groups in total. The molecule has 0 saturated carbocycles. The highest BCUT2D eigenvalue weighted by molar-refractivity contribution is 7.88. The van der Waals surface area contributed by atoms with Crippen molar-refractivity contribution in [2.24, 2.45) is 0 Å². The van der Waals surface area contributed by atoms with E-state index in [1.54, 1.807) is 30.3 Å². The van der Waals surface area contributed by atoms with Gasteiger partial charge in [0.1, 0.15) is 11.6 Å². The average Bonchev–Trinajstić information content (AvgIpc) is 2.86. The number of hydrogen-bond donors (Lipinski definition) is 0. The molecule has 12 heteroatoms. The van der Waals surface area contributed by atoms with Crippen LogP contribution in [0.25, 0.3) is 28.0 Å². The van der Waals surface area contributed by atoms with Gasteiger partial charge in [0.2, 0.25) is 10.0 Å². The number of rotatable bonds is 5. The Balaban J connectivity index is 1.61. The maximum absolute atomic E-state index is 14.4. The van der Waals surface area contributed by atoms with Gasteiger partial charge in [-0.2, -0.15) is 4.31 Å². The van der Waals surface area contributed by atoms with Crippen molar-refractivity contribution in [3.63, 3.8) is 0 Å². The normalized spacial score (nSPS) is 15.3. The summed E-state index contributed by atoms with van der Waals surface area (Å²) in [6.07, 6.45) is 1.21. The molecule has 1 aliphatic heterocycles. The second-order valence-electron chi connectivity index (χ2n) is 9.05. The largest absolute Gasteiger partial charge is 0.296 e. The number of piperazine rings is 1. The van der Waals surface area contributed by atoms with Crippen molar-refractivity contribution in [1.82, 2.24) is 18.8 Å². The molecule has 1 aromatic heterocycles. The molecule has 0 radical (unpaired) electrons. The Morgan fingerprint density at radius 2 is 1.71 bits per heavy atom. The molecule has 0 aliphatic carbocycles. The molecular weight excluding hydrogens is 574 g/mol. The molecule has 3 aromatic carbocycles. The van der Waals surface area contributed by atoms with Crippen LogP contribution in [0.1, 0.15) is 5.56 Å². The van der Waals surface area contributed by atoms with E-state index in [1.165, 1.54) is 27.3 Å². The van der Waals surface area contributed by atoms with Crippen LogP contribution in [0.3, 0.4) is 0 Å². The molecular formula is C26H22Cl3FN4O3S. The Bertz CT molecular complexity index is 1720. The Morgan fingerprint density at radius 1 is 0.974 bits per heavy atom. The predicted octanol–water partition coefficient (Wildman–Crippen LogP) is 5.23. The molecule has 198 valence electrons. The Morgan fingerprint density at radius 3 is 2.39 bits per heavy atom. The lowest BCUT2D eigenvalue weighted by Crippen LogP contribution is -2.47. The van der Waals surface area contributed by atoms with Gasteiger partial charge in [-0.15, -0.1) is 0 Å². The molecule has 2 heterocycles. The van der Waals surface area contributed by atoms with Crippen LogP contribution >= 0.6 is 34.8 Å². The minimum absolute atomic E-state index is 0.0696. The smallest absolute Gasteiger partial charge is 0.266 e. The SMILES string of the molecule is CS(=O)(=O)N1CCN(Cc2cccc(-c3nc4cc(Cl)ccc4c(=O)n3-c3ccc(Cl)c(F)c3)c2Cl)CC1. The van der Waals surface area contributed by atoms with E-state index >= 15 is 0 Å². The summed E-state index contributed by atoms with van der Waals surface area (Å²) in [4.78, 5) is 20.5. The summed E-state index contributed by atoms with van der Waals surface area (Å²) in [5.41, 5.74) is 1.47. The molecule has 38 heavy (non-hydrogen) atoms. The fourth-order valence-electron chi connectivity index (χ4n) is 4.54. The zero-order valence-corrected chi connectivity index (χ0v) is 23.2. The van der Waals surface area contributed by atoms with Crippen LogP contribution in [0.15, 0.2) is 59.4 Å². The zero-order chi connectivity index (χ0) is 27.2. The molecule has 0 amide bonds. The molecule has 5 rings (SSSR count). The average molecular weight is 596 g/mol. The quantitative estimate of drug-likeness (QED) is 0.316. The van der Waals surface area contributed by atoms with Crippen molar-refractivity contribution in [3.05, 3.63) is 91.4 Å². The van der Waals surface area contributed by atoms with Gasteiger partial charge in [-0.05, 0) is 48.0 Å². The fraction of sp³-hybridized carbons (Fsp3) is 0.231. The predicted molar refractivity (Wildman–Crippen MR) is 149 cm³/mol. The third-order valence-electron chi connectivity index (χ3n) is 6.51. The van der Waals surface area contributed by atoms with Crippen molar-refractivity contribution in [1.29, 1.82) is 0 Å². The number of fused-ring (bicyclic) bond motifs is 1.